The Bertz CT molecular complexity index is 913. The number of fused-ring (bicyclic) bond motifs is 1. The fourth-order valence-electron chi connectivity index (χ4n) is 2.24. The van der Waals surface area contributed by atoms with Gasteiger partial charge in [-0.15, -0.1) is 11.8 Å². The second-order valence-electron chi connectivity index (χ2n) is 5.31. The molecular weight excluding hydrogens is 356 g/mol. The number of hydrogen-bond donors (Lipinski definition) is 2. The van der Waals surface area contributed by atoms with E-state index >= 15 is 0 Å². The molecule has 0 unspecified atom stereocenters. The van der Waals surface area contributed by atoms with Gasteiger partial charge in [0.05, 0.1) is 5.75 Å². The normalized spacial score (nSPS) is 10.4. The zero-order chi connectivity index (χ0) is 17.6. The smallest absolute Gasteiger partial charge is 0.269 e. The molecule has 0 aliphatic heterocycles. The van der Waals surface area contributed by atoms with Gasteiger partial charge in [-0.2, -0.15) is 0 Å². The van der Waals surface area contributed by atoms with Crippen molar-refractivity contribution in [1.29, 1.82) is 0 Å². The molecule has 0 heterocycles. The molecule has 126 valence electrons. The van der Waals surface area contributed by atoms with E-state index in [1.165, 1.54) is 11.8 Å². The lowest BCUT2D eigenvalue weighted by Crippen LogP contribution is -2.42. The molecule has 0 aliphatic carbocycles. The molecule has 6 heteroatoms. The maximum absolute atomic E-state index is 11.9. The molecule has 0 fully saturated rings. The summed E-state index contributed by atoms with van der Waals surface area (Å²) in [6, 6.07) is 20.5. The number of hydrazine groups is 1. The van der Waals surface area contributed by atoms with E-state index in [2.05, 4.69) is 10.9 Å². The number of hydrogen-bond acceptors (Lipinski definition) is 3. The number of carbonyl (C=O) groups is 2. The highest BCUT2D eigenvalue weighted by Crippen LogP contribution is 2.23. The second kappa shape index (κ2) is 8.05. The van der Waals surface area contributed by atoms with Gasteiger partial charge in [0.1, 0.15) is 0 Å². The zero-order valence-electron chi connectivity index (χ0n) is 13.2. The summed E-state index contributed by atoms with van der Waals surface area (Å²) in [4.78, 5) is 24.8. The summed E-state index contributed by atoms with van der Waals surface area (Å²) in [5.74, 6) is -0.458. The Kier molecular flexibility index (Phi) is 5.58. The van der Waals surface area contributed by atoms with Crippen LogP contribution in [-0.2, 0) is 4.79 Å². The highest BCUT2D eigenvalue weighted by Gasteiger charge is 2.08. The molecule has 0 atom stereocenters. The number of amides is 2. The van der Waals surface area contributed by atoms with Crippen LogP contribution in [0.15, 0.2) is 71.6 Å². The highest BCUT2D eigenvalue weighted by molar-refractivity contribution is 8.00. The molecule has 0 aliphatic rings. The van der Waals surface area contributed by atoms with E-state index in [1.54, 1.807) is 24.3 Å². The predicted octanol–water partition coefficient (Wildman–Crippen LogP) is 4.05. The average molecular weight is 371 g/mol. The van der Waals surface area contributed by atoms with Crippen molar-refractivity contribution in [1.82, 2.24) is 10.9 Å². The Labute approximate surface area is 154 Å². The van der Waals surface area contributed by atoms with E-state index in [1.807, 2.05) is 42.5 Å². The average Bonchev–Trinajstić information content (AvgIpc) is 2.65. The second-order valence-corrected chi connectivity index (χ2v) is 6.79. The quantitative estimate of drug-likeness (QED) is 0.538. The van der Waals surface area contributed by atoms with Gasteiger partial charge < -0.3 is 0 Å². The first-order valence-corrected chi connectivity index (χ1v) is 8.94. The van der Waals surface area contributed by atoms with Gasteiger partial charge in [0.2, 0.25) is 5.91 Å². The summed E-state index contributed by atoms with van der Waals surface area (Å²) in [5, 5.41) is 2.84. The minimum atomic E-state index is -0.388. The Balaban J connectivity index is 1.50. The molecule has 0 saturated carbocycles. The van der Waals surface area contributed by atoms with Crippen molar-refractivity contribution in [3.63, 3.8) is 0 Å². The largest absolute Gasteiger partial charge is 0.272 e. The minimum absolute atomic E-state index is 0.208. The molecule has 0 aromatic heterocycles. The van der Waals surface area contributed by atoms with Crippen molar-refractivity contribution in [3.05, 3.63) is 77.3 Å². The number of benzene rings is 3. The fourth-order valence-corrected chi connectivity index (χ4v) is 3.11. The minimum Gasteiger partial charge on any atom is -0.272 e. The van der Waals surface area contributed by atoms with Crippen LogP contribution in [0.1, 0.15) is 10.4 Å². The third-order valence-electron chi connectivity index (χ3n) is 3.51. The summed E-state index contributed by atoms with van der Waals surface area (Å²) >= 11 is 7.19. The Hall–Kier alpha value is -2.50. The molecule has 25 heavy (non-hydrogen) atoms. The number of rotatable bonds is 4. The maximum Gasteiger partial charge on any atom is 0.269 e. The zero-order valence-corrected chi connectivity index (χ0v) is 14.7. The SMILES string of the molecule is O=C(CSc1ccc2ccccc2c1)NNC(=O)c1ccc(Cl)cc1. The predicted molar refractivity (Wildman–Crippen MR) is 102 cm³/mol. The first-order chi connectivity index (χ1) is 12.1. The summed E-state index contributed by atoms with van der Waals surface area (Å²) in [6.45, 7) is 0. The van der Waals surface area contributed by atoms with Gasteiger partial charge in [-0.1, -0.05) is 41.9 Å². The maximum atomic E-state index is 11.9. The van der Waals surface area contributed by atoms with Crippen molar-refractivity contribution in [2.24, 2.45) is 0 Å². The monoisotopic (exact) mass is 370 g/mol. The standard InChI is InChI=1S/C19H15ClN2O2S/c20-16-8-5-14(6-9-16)19(24)22-21-18(23)12-25-17-10-7-13-3-1-2-4-15(13)11-17/h1-11H,12H2,(H,21,23)(H,22,24). The van der Waals surface area contributed by atoms with Crippen LogP contribution in [0.5, 0.6) is 0 Å². The van der Waals surface area contributed by atoms with Crippen molar-refractivity contribution in [2.45, 2.75) is 4.90 Å². The number of thioether (sulfide) groups is 1. The van der Waals surface area contributed by atoms with E-state index in [-0.39, 0.29) is 17.6 Å². The third-order valence-corrected chi connectivity index (χ3v) is 4.76. The van der Waals surface area contributed by atoms with Crippen LogP contribution in [0.25, 0.3) is 10.8 Å². The van der Waals surface area contributed by atoms with Crippen LogP contribution >= 0.6 is 23.4 Å². The first kappa shape index (κ1) is 17.3. The lowest BCUT2D eigenvalue weighted by Gasteiger charge is -2.08. The van der Waals surface area contributed by atoms with Crippen LogP contribution < -0.4 is 10.9 Å². The molecule has 0 saturated heterocycles. The van der Waals surface area contributed by atoms with Gasteiger partial charge in [0.15, 0.2) is 0 Å². The summed E-state index contributed by atoms with van der Waals surface area (Å²) in [7, 11) is 0. The van der Waals surface area contributed by atoms with E-state index in [4.69, 9.17) is 11.6 Å². The lowest BCUT2D eigenvalue weighted by atomic mass is 10.1. The summed E-state index contributed by atoms with van der Waals surface area (Å²) in [6.07, 6.45) is 0. The molecule has 0 bridgehead atoms. The molecular formula is C19H15ClN2O2S. The molecule has 0 spiro atoms. The molecule has 3 aromatic carbocycles. The van der Waals surface area contributed by atoms with E-state index in [0.29, 0.717) is 10.6 Å². The molecule has 2 amide bonds. The van der Waals surface area contributed by atoms with Crippen molar-refractivity contribution >= 4 is 45.9 Å². The Morgan fingerprint density at radius 1 is 0.880 bits per heavy atom. The van der Waals surface area contributed by atoms with Crippen molar-refractivity contribution in [2.75, 3.05) is 5.75 Å². The molecule has 2 N–H and O–H groups in total. The lowest BCUT2D eigenvalue weighted by molar-refractivity contribution is -0.119. The van der Waals surface area contributed by atoms with E-state index < -0.39 is 0 Å². The van der Waals surface area contributed by atoms with Gasteiger partial charge in [0.25, 0.3) is 5.91 Å². The van der Waals surface area contributed by atoms with Gasteiger partial charge in [-0.3, -0.25) is 20.4 Å². The number of halogens is 1. The van der Waals surface area contributed by atoms with Crippen LogP contribution in [0.3, 0.4) is 0 Å². The fraction of sp³-hybridized carbons (Fsp3) is 0.0526. The van der Waals surface area contributed by atoms with Crippen LogP contribution in [0.2, 0.25) is 5.02 Å². The van der Waals surface area contributed by atoms with Gasteiger partial charge >= 0.3 is 0 Å². The van der Waals surface area contributed by atoms with Gasteiger partial charge in [-0.05, 0) is 47.2 Å². The molecule has 3 aromatic rings. The van der Waals surface area contributed by atoms with Crippen molar-refractivity contribution in [3.8, 4) is 0 Å². The summed E-state index contributed by atoms with van der Waals surface area (Å²) < 4.78 is 0. The third kappa shape index (κ3) is 4.75. The molecule has 3 rings (SSSR count). The van der Waals surface area contributed by atoms with E-state index in [0.717, 1.165) is 15.7 Å². The van der Waals surface area contributed by atoms with Crippen molar-refractivity contribution < 1.29 is 9.59 Å². The van der Waals surface area contributed by atoms with Crippen LogP contribution in [-0.4, -0.2) is 17.6 Å². The van der Waals surface area contributed by atoms with Gasteiger partial charge in [-0.25, -0.2) is 0 Å². The highest BCUT2D eigenvalue weighted by atomic mass is 35.5. The van der Waals surface area contributed by atoms with Gasteiger partial charge in [0, 0.05) is 15.5 Å². The topological polar surface area (TPSA) is 58.2 Å². The molecule has 4 nitrogen and oxygen atoms in total. The Morgan fingerprint density at radius 2 is 1.60 bits per heavy atom. The first-order valence-electron chi connectivity index (χ1n) is 7.58. The van der Waals surface area contributed by atoms with Crippen LogP contribution in [0.4, 0.5) is 0 Å². The number of nitrogens with one attached hydrogen (secondary N) is 2. The van der Waals surface area contributed by atoms with Crippen LogP contribution in [0, 0.1) is 0 Å². The Morgan fingerprint density at radius 3 is 2.36 bits per heavy atom. The molecule has 0 radical (unpaired) electrons. The summed E-state index contributed by atoms with van der Waals surface area (Å²) in [5.41, 5.74) is 5.22. The van der Waals surface area contributed by atoms with E-state index in [9.17, 15) is 9.59 Å². The number of carbonyl (C=O) groups excluding carboxylic acids is 2.